The number of benzene rings is 3. The van der Waals surface area contributed by atoms with E-state index in [0.29, 0.717) is 11.3 Å². The third kappa shape index (κ3) is 4.02. The van der Waals surface area contributed by atoms with E-state index in [4.69, 9.17) is 4.74 Å². The van der Waals surface area contributed by atoms with Crippen molar-refractivity contribution in [3.63, 3.8) is 0 Å². The molecule has 0 heterocycles. The van der Waals surface area contributed by atoms with Crippen LogP contribution in [0.2, 0.25) is 0 Å². The zero-order valence-electron chi connectivity index (χ0n) is 13.7. The smallest absolute Gasteiger partial charge is 0.255 e. The Hall–Kier alpha value is -3.07. The molecule has 0 aliphatic carbocycles. The van der Waals surface area contributed by atoms with Crippen LogP contribution in [0.25, 0.3) is 0 Å². The molecule has 1 amide bonds. The topological polar surface area (TPSA) is 38.3 Å². The molecule has 3 heteroatoms. The average Bonchev–Trinajstić information content (AvgIpc) is 2.59. The molecule has 3 rings (SSSR count). The zero-order valence-corrected chi connectivity index (χ0v) is 13.7. The van der Waals surface area contributed by atoms with Crippen molar-refractivity contribution in [2.45, 2.75) is 13.8 Å². The number of carbonyl (C=O) groups is 1. The van der Waals surface area contributed by atoms with Crippen LogP contribution in [0.3, 0.4) is 0 Å². The summed E-state index contributed by atoms with van der Waals surface area (Å²) in [4.78, 5) is 12.3. The van der Waals surface area contributed by atoms with E-state index in [9.17, 15) is 4.79 Å². The maximum atomic E-state index is 12.3. The van der Waals surface area contributed by atoms with Crippen molar-refractivity contribution in [1.29, 1.82) is 0 Å². The molecular weight excluding hydrogens is 298 g/mol. The first-order valence-electron chi connectivity index (χ1n) is 7.83. The van der Waals surface area contributed by atoms with Gasteiger partial charge in [0, 0.05) is 11.3 Å². The number of nitrogens with one attached hydrogen (secondary N) is 1. The Bertz CT molecular complexity index is 819. The maximum absolute atomic E-state index is 12.3. The maximum Gasteiger partial charge on any atom is 0.255 e. The summed E-state index contributed by atoms with van der Waals surface area (Å²) >= 11 is 0. The molecule has 3 nitrogen and oxygen atoms in total. The molecule has 0 fully saturated rings. The van der Waals surface area contributed by atoms with Gasteiger partial charge in [-0.2, -0.15) is 0 Å². The Balaban J connectivity index is 1.66. The fourth-order valence-electron chi connectivity index (χ4n) is 2.26. The summed E-state index contributed by atoms with van der Waals surface area (Å²) in [6.45, 7) is 4.05. The van der Waals surface area contributed by atoms with Crippen LogP contribution in [0.5, 0.6) is 11.5 Å². The Labute approximate surface area is 141 Å². The van der Waals surface area contributed by atoms with Gasteiger partial charge in [0.1, 0.15) is 11.5 Å². The van der Waals surface area contributed by atoms with Crippen LogP contribution in [0.1, 0.15) is 21.5 Å². The molecule has 0 aromatic heterocycles. The summed E-state index contributed by atoms with van der Waals surface area (Å²) in [6.07, 6.45) is 0. The van der Waals surface area contributed by atoms with Gasteiger partial charge < -0.3 is 10.1 Å². The quantitative estimate of drug-likeness (QED) is 0.704. The highest BCUT2D eigenvalue weighted by atomic mass is 16.5. The summed E-state index contributed by atoms with van der Waals surface area (Å²) in [6, 6.07) is 22.7. The summed E-state index contributed by atoms with van der Waals surface area (Å²) in [5.74, 6) is 1.34. The molecule has 0 aliphatic heterocycles. The van der Waals surface area contributed by atoms with Gasteiger partial charge in [0.2, 0.25) is 0 Å². The van der Waals surface area contributed by atoms with Crippen molar-refractivity contribution in [1.82, 2.24) is 0 Å². The molecule has 0 aliphatic rings. The van der Waals surface area contributed by atoms with Gasteiger partial charge in [-0.3, -0.25) is 4.79 Å². The normalized spacial score (nSPS) is 10.2. The van der Waals surface area contributed by atoms with E-state index >= 15 is 0 Å². The van der Waals surface area contributed by atoms with E-state index in [2.05, 4.69) is 5.32 Å². The van der Waals surface area contributed by atoms with Crippen LogP contribution in [0, 0.1) is 13.8 Å². The second-order valence-electron chi connectivity index (χ2n) is 5.76. The monoisotopic (exact) mass is 317 g/mol. The molecule has 0 bridgehead atoms. The molecule has 0 radical (unpaired) electrons. The summed E-state index contributed by atoms with van der Waals surface area (Å²) in [7, 11) is 0. The number of rotatable bonds is 4. The Kier molecular flexibility index (Phi) is 4.62. The summed E-state index contributed by atoms with van der Waals surface area (Å²) in [5.41, 5.74) is 3.72. The van der Waals surface area contributed by atoms with Crippen molar-refractivity contribution in [2.75, 3.05) is 5.32 Å². The second kappa shape index (κ2) is 7.01. The van der Waals surface area contributed by atoms with Crippen molar-refractivity contribution in [3.8, 4) is 11.5 Å². The lowest BCUT2D eigenvalue weighted by molar-refractivity contribution is 0.102. The third-order valence-corrected chi connectivity index (χ3v) is 3.68. The number of hydrogen-bond acceptors (Lipinski definition) is 2. The zero-order chi connectivity index (χ0) is 16.9. The average molecular weight is 317 g/mol. The number of anilines is 1. The fraction of sp³-hybridized carbons (Fsp3) is 0.0952. The molecule has 3 aromatic carbocycles. The SMILES string of the molecule is Cc1ccc(NC(=O)c2ccc(Oc3ccc(C)cc3)cc2)cc1. The highest BCUT2D eigenvalue weighted by molar-refractivity contribution is 6.04. The number of amides is 1. The first kappa shape index (κ1) is 15.8. The number of hydrogen-bond donors (Lipinski definition) is 1. The van der Waals surface area contributed by atoms with Crippen molar-refractivity contribution < 1.29 is 9.53 Å². The van der Waals surface area contributed by atoms with Crippen molar-refractivity contribution in [3.05, 3.63) is 89.5 Å². The predicted octanol–water partition coefficient (Wildman–Crippen LogP) is 5.35. The molecular formula is C21H19NO2. The predicted molar refractivity (Wildman–Crippen MR) is 96.8 cm³/mol. The lowest BCUT2D eigenvalue weighted by Crippen LogP contribution is -2.11. The van der Waals surface area contributed by atoms with Crippen LogP contribution in [-0.4, -0.2) is 5.91 Å². The Morgan fingerprint density at radius 2 is 1.17 bits per heavy atom. The van der Waals surface area contributed by atoms with Gasteiger partial charge >= 0.3 is 0 Å². The van der Waals surface area contributed by atoms with Crippen LogP contribution < -0.4 is 10.1 Å². The van der Waals surface area contributed by atoms with Crippen LogP contribution in [0.15, 0.2) is 72.8 Å². The lowest BCUT2D eigenvalue weighted by Gasteiger charge is -2.08. The number of ether oxygens (including phenoxy) is 1. The van der Waals surface area contributed by atoms with Gasteiger partial charge in [-0.15, -0.1) is 0 Å². The van der Waals surface area contributed by atoms with E-state index in [-0.39, 0.29) is 5.91 Å². The van der Waals surface area contributed by atoms with Gasteiger partial charge in [-0.05, 0) is 62.4 Å². The van der Waals surface area contributed by atoms with Gasteiger partial charge in [0.15, 0.2) is 0 Å². The molecule has 0 saturated heterocycles. The lowest BCUT2D eigenvalue weighted by atomic mass is 10.2. The van der Waals surface area contributed by atoms with Crippen molar-refractivity contribution >= 4 is 11.6 Å². The molecule has 3 aromatic rings. The Morgan fingerprint density at radius 1 is 0.708 bits per heavy atom. The number of aryl methyl sites for hydroxylation is 2. The first-order chi connectivity index (χ1) is 11.6. The van der Waals surface area contributed by atoms with Crippen LogP contribution in [-0.2, 0) is 0 Å². The largest absolute Gasteiger partial charge is 0.457 e. The van der Waals surface area contributed by atoms with Gasteiger partial charge in [0.25, 0.3) is 5.91 Å². The standard InChI is InChI=1S/C21H19NO2/c1-15-3-9-18(10-4-15)22-21(23)17-7-13-20(14-8-17)24-19-11-5-16(2)6-12-19/h3-14H,1-2H3,(H,22,23). The Morgan fingerprint density at radius 3 is 1.71 bits per heavy atom. The minimum Gasteiger partial charge on any atom is -0.457 e. The van der Waals surface area contributed by atoms with E-state index in [1.54, 1.807) is 24.3 Å². The summed E-state index contributed by atoms with van der Waals surface area (Å²) < 4.78 is 5.77. The van der Waals surface area contributed by atoms with E-state index in [1.165, 1.54) is 5.56 Å². The fourth-order valence-corrected chi connectivity index (χ4v) is 2.26. The van der Waals surface area contributed by atoms with Crippen molar-refractivity contribution in [2.24, 2.45) is 0 Å². The van der Waals surface area contributed by atoms with Crippen LogP contribution in [0.4, 0.5) is 5.69 Å². The number of carbonyl (C=O) groups excluding carboxylic acids is 1. The highest BCUT2D eigenvalue weighted by Crippen LogP contribution is 2.22. The van der Waals surface area contributed by atoms with Gasteiger partial charge in [-0.25, -0.2) is 0 Å². The molecule has 0 saturated carbocycles. The minimum absolute atomic E-state index is 0.138. The van der Waals surface area contributed by atoms with Gasteiger partial charge in [0.05, 0.1) is 0 Å². The molecule has 0 atom stereocenters. The minimum atomic E-state index is -0.138. The molecule has 24 heavy (non-hydrogen) atoms. The molecule has 0 unspecified atom stereocenters. The third-order valence-electron chi connectivity index (χ3n) is 3.68. The first-order valence-corrected chi connectivity index (χ1v) is 7.83. The highest BCUT2D eigenvalue weighted by Gasteiger charge is 2.06. The molecule has 1 N–H and O–H groups in total. The molecule has 120 valence electrons. The second-order valence-corrected chi connectivity index (χ2v) is 5.76. The van der Waals surface area contributed by atoms with E-state index in [1.807, 2.05) is 62.4 Å². The van der Waals surface area contributed by atoms with Crippen LogP contribution >= 0.6 is 0 Å². The summed E-state index contributed by atoms with van der Waals surface area (Å²) in [5, 5.41) is 2.88. The van der Waals surface area contributed by atoms with E-state index < -0.39 is 0 Å². The van der Waals surface area contributed by atoms with E-state index in [0.717, 1.165) is 17.0 Å². The van der Waals surface area contributed by atoms with Gasteiger partial charge in [-0.1, -0.05) is 35.4 Å². The molecule has 0 spiro atoms.